The van der Waals surface area contributed by atoms with Crippen LogP contribution in [-0.4, -0.2) is 4.98 Å². The van der Waals surface area contributed by atoms with Gasteiger partial charge >= 0.3 is 0 Å². The Morgan fingerprint density at radius 1 is 1.25 bits per heavy atom. The Morgan fingerprint density at radius 3 is 2.95 bits per heavy atom. The predicted octanol–water partition coefficient (Wildman–Crippen LogP) is 3.95. The van der Waals surface area contributed by atoms with Crippen LogP contribution in [0.4, 0.5) is 5.69 Å². The number of anilines is 1. The molecule has 4 nitrogen and oxygen atoms in total. The SMILES string of the molecule is Cc1ccc(Cl)c(OCc2nc3ccc(N)cc3o2)c1. The average molecular weight is 289 g/mol. The van der Waals surface area contributed by atoms with Crippen LogP contribution in [0.3, 0.4) is 0 Å². The summed E-state index contributed by atoms with van der Waals surface area (Å²) in [6, 6.07) is 11.0. The monoisotopic (exact) mass is 288 g/mol. The van der Waals surface area contributed by atoms with Gasteiger partial charge in [0, 0.05) is 11.8 Å². The Kier molecular flexibility index (Phi) is 3.24. The van der Waals surface area contributed by atoms with E-state index in [1.165, 1.54) is 0 Å². The van der Waals surface area contributed by atoms with E-state index in [1.54, 1.807) is 18.2 Å². The van der Waals surface area contributed by atoms with Crippen molar-refractivity contribution in [1.29, 1.82) is 0 Å². The molecule has 1 heterocycles. The number of fused-ring (bicyclic) bond motifs is 1. The van der Waals surface area contributed by atoms with Gasteiger partial charge in [-0.05, 0) is 36.8 Å². The van der Waals surface area contributed by atoms with E-state index in [2.05, 4.69) is 4.98 Å². The van der Waals surface area contributed by atoms with Crippen molar-refractivity contribution in [2.24, 2.45) is 0 Å². The number of nitrogen functional groups attached to an aromatic ring is 1. The summed E-state index contributed by atoms with van der Waals surface area (Å²) in [5.74, 6) is 1.11. The minimum absolute atomic E-state index is 0.220. The van der Waals surface area contributed by atoms with E-state index < -0.39 is 0 Å². The van der Waals surface area contributed by atoms with E-state index in [9.17, 15) is 0 Å². The molecule has 0 radical (unpaired) electrons. The molecule has 2 aromatic carbocycles. The zero-order valence-electron chi connectivity index (χ0n) is 10.9. The molecule has 0 bridgehead atoms. The van der Waals surface area contributed by atoms with Crippen molar-refractivity contribution < 1.29 is 9.15 Å². The van der Waals surface area contributed by atoms with E-state index in [0.29, 0.717) is 27.9 Å². The van der Waals surface area contributed by atoms with Crippen LogP contribution in [0.2, 0.25) is 5.02 Å². The van der Waals surface area contributed by atoms with Gasteiger partial charge in [-0.25, -0.2) is 4.98 Å². The van der Waals surface area contributed by atoms with E-state index >= 15 is 0 Å². The molecule has 0 aliphatic rings. The molecule has 0 unspecified atom stereocenters. The van der Waals surface area contributed by atoms with Crippen molar-refractivity contribution in [3.8, 4) is 5.75 Å². The van der Waals surface area contributed by atoms with Crippen LogP contribution in [0.1, 0.15) is 11.5 Å². The van der Waals surface area contributed by atoms with Crippen molar-refractivity contribution in [1.82, 2.24) is 4.98 Å². The van der Waals surface area contributed by atoms with E-state index in [4.69, 9.17) is 26.5 Å². The Morgan fingerprint density at radius 2 is 2.10 bits per heavy atom. The van der Waals surface area contributed by atoms with Gasteiger partial charge in [0.2, 0.25) is 5.89 Å². The van der Waals surface area contributed by atoms with Crippen LogP contribution in [0.5, 0.6) is 5.75 Å². The second kappa shape index (κ2) is 5.06. The third kappa shape index (κ3) is 2.56. The van der Waals surface area contributed by atoms with Crippen molar-refractivity contribution in [3.63, 3.8) is 0 Å². The Labute approximate surface area is 121 Å². The van der Waals surface area contributed by atoms with Crippen LogP contribution in [0.25, 0.3) is 11.1 Å². The normalized spacial score (nSPS) is 10.9. The maximum atomic E-state index is 6.07. The third-order valence-corrected chi connectivity index (χ3v) is 3.21. The Hall–Kier alpha value is -2.20. The molecule has 0 aliphatic heterocycles. The van der Waals surface area contributed by atoms with Gasteiger partial charge in [0.1, 0.15) is 11.3 Å². The molecule has 0 atom stereocenters. The fourth-order valence-corrected chi connectivity index (χ4v) is 2.08. The van der Waals surface area contributed by atoms with Crippen molar-refractivity contribution >= 4 is 28.4 Å². The highest BCUT2D eigenvalue weighted by molar-refractivity contribution is 6.32. The fourth-order valence-electron chi connectivity index (χ4n) is 1.91. The number of hydrogen-bond acceptors (Lipinski definition) is 4. The zero-order valence-corrected chi connectivity index (χ0v) is 11.6. The summed E-state index contributed by atoms with van der Waals surface area (Å²) in [6.07, 6.45) is 0. The number of ether oxygens (including phenoxy) is 1. The molecule has 0 saturated heterocycles. The highest BCUT2D eigenvalue weighted by atomic mass is 35.5. The van der Waals surface area contributed by atoms with Gasteiger partial charge in [0.15, 0.2) is 12.2 Å². The minimum Gasteiger partial charge on any atom is -0.482 e. The summed E-state index contributed by atoms with van der Waals surface area (Å²) in [4.78, 5) is 4.33. The number of aromatic nitrogens is 1. The molecule has 0 spiro atoms. The molecule has 3 aromatic rings. The summed E-state index contributed by atoms with van der Waals surface area (Å²) in [5, 5.41) is 0.566. The minimum atomic E-state index is 0.220. The summed E-state index contributed by atoms with van der Waals surface area (Å²) >= 11 is 6.07. The first kappa shape index (κ1) is 12.8. The summed E-state index contributed by atoms with van der Waals surface area (Å²) < 4.78 is 11.2. The molecule has 1 aromatic heterocycles. The number of hydrogen-bond donors (Lipinski definition) is 1. The largest absolute Gasteiger partial charge is 0.482 e. The molecule has 0 amide bonds. The molecule has 3 rings (SSSR count). The van der Waals surface area contributed by atoms with Gasteiger partial charge in [0.05, 0.1) is 5.02 Å². The topological polar surface area (TPSA) is 61.3 Å². The molecule has 0 fully saturated rings. The molecular weight excluding hydrogens is 276 g/mol. The van der Waals surface area contributed by atoms with Gasteiger partial charge in [-0.1, -0.05) is 17.7 Å². The van der Waals surface area contributed by atoms with Crippen molar-refractivity contribution in [3.05, 3.63) is 52.9 Å². The number of halogens is 1. The van der Waals surface area contributed by atoms with Gasteiger partial charge in [-0.3, -0.25) is 0 Å². The van der Waals surface area contributed by atoms with Crippen LogP contribution in [0, 0.1) is 6.92 Å². The molecule has 102 valence electrons. The lowest BCUT2D eigenvalue weighted by Crippen LogP contribution is -1.96. The lowest BCUT2D eigenvalue weighted by atomic mass is 10.2. The smallest absolute Gasteiger partial charge is 0.233 e. The highest BCUT2D eigenvalue weighted by Crippen LogP contribution is 2.26. The zero-order chi connectivity index (χ0) is 14.1. The first-order valence-corrected chi connectivity index (χ1v) is 6.53. The number of rotatable bonds is 3. The maximum Gasteiger partial charge on any atom is 0.233 e. The first-order valence-electron chi connectivity index (χ1n) is 6.16. The molecule has 0 aliphatic carbocycles. The Balaban J connectivity index is 1.81. The predicted molar refractivity (Wildman–Crippen MR) is 78.9 cm³/mol. The van der Waals surface area contributed by atoms with Crippen LogP contribution in [-0.2, 0) is 6.61 Å². The van der Waals surface area contributed by atoms with Crippen LogP contribution < -0.4 is 10.5 Å². The first-order chi connectivity index (χ1) is 9.61. The van der Waals surface area contributed by atoms with Crippen molar-refractivity contribution in [2.45, 2.75) is 13.5 Å². The van der Waals surface area contributed by atoms with E-state index in [1.807, 2.05) is 25.1 Å². The third-order valence-electron chi connectivity index (χ3n) is 2.89. The molecule has 5 heteroatoms. The molecule has 20 heavy (non-hydrogen) atoms. The second-order valence-electron chi connectivity index (χ2n) is 4.56. The van der Waals surface area contributed by atoms with Crippen LogP contribution in [0.15, 0.2) is 40.8 Å². The van der Waals surface area contributed by atoms with Gasteiger partial charge in [-0.15, -0.1) is 0 Å². The Bertz CT molecular complexity index is 768. The quantitative estimate of drug-likeness (QED) is 0.741. The fraction of sp³-hybridized carbons (Fsp3) is 0.133. The molecule has 0 saturated carbocycles. The van der Waals surface area contributed by atoms with Gasteiger partial charge < -0.3 is 14.9 Å². The number of nitrogens with zero attached hydrogens (tertiary/aromatic N) is 1. The summed E-state index contributed by atoms with van der Waals surface area (Å²) in [5.41, 5.74) is 8.83. The summed E-state index contributed by atoms with van der Waals surface area (Å²) in [6.45, 7) is 2.20. The number of aryl methyl sites for hydroxylation is 1. The van der Waals surface area contributed by atoms with E-state index in [0.717, 1.165) is 11.1 Å². The summed E-state index contributed by atoms with van der Waals surface area (Å²) in [7, 11) is 0. The van der Waals surface area contributed by atoms with Gasteiger partial charge in [-0.2, -0.15) is 0 Å². The highest BCUT2D eigenvalue weighted by Gasteiger charge is 2.08. The number of benzene rings is 2. The number of oxazole rings is 1. The number of nitrogens with two attached hydrogens (primary N) is 1. The van der Waals surface area contributed by atoms with Crippen molar-refractivity contribution in [2.75, 3.05) is 5.73 Å². The second-order valence-corrected chi connectivity index (χ2v) is 4.96. The lowest BCUT2D eigenvalue weighted by Gasteiger charge is -2.06. The lowest BCUT2D eigenvalue weighted by molar-refractivity contribution is 0.267. The molecular formula is C15H13ClN2O2. The van der Waals surface area contributed by atoms with Gasteiger partial charge in [0.25, 0.3) is 0 Å². The van der Waals surface area contributed by atoms with Crippen LogP contribution >= 0.6 is 11.6 Å². The average Bonchev–Trinajstić information content (AvgIpc) is 2.81. The standard InChI is InChI=1S/C15H13ClN2O2/c1-9-2-4-11(16)13(6-9)19-8-15-18-12-5-3-10(17)7-14(12)20-15/h2-7H,8,17H2,1H3. The molecule has 2 N–H and O–H groups in total. The van der Waals surface area contributed by atoms with E-state index in [-0.39, 0.29) is 6.61 Å². The maximum absolute atomic E-state index is 6.07.